The third-order valence-corrected chi connectivity index (χ3v) is 4.07. The summed E-state index contributed by atoms with van der Waals surface area (Å²) in [6, 6.07) is 10.7. The second-order valence-corrected chi connectivity index (χ2v) is 5.26. The number of anilines is 2. The smallest absolute Gasteiger partial charge is 0.137 e. The Morgan fingerprint density at radius 3 is 2.80 bits per heavy atom. The molecule has 3 rings (SSSR count). The van der Waals surface area contributed by atoms with Crippen LogP contribution in [0.15, 0.2) is 36.7 Å². The van der Waals surface area contributed by atoms with Gasteiger partial charge in [-0.1, -0.05) is 37.3 Å². The maximum atomic E-state index is 5.97. The fraction of sp³-hybridized carbons (Fsp3) is 0.375. The van der Waals surface area contributed by atoms with Crippen molar-refractivity contribution in [2.24, 2.45) is 0 Å². The van der Waals surface area contributed by atoms with Crippen LogP contribution in [0.25, 0.3) is 0 Å². The molecule has 1 aromatic heterocycles. The van der Waals surface area contributed by atoms with Crippen LogP contribution in [0.3, 0.4) is 0 Å². The van der Waals surface area contributed by atoms with Gasteiger partial charge in [-0.2, -0.15) is 0 Å². The van der Waals surface area contributed by atoms with Gasteiger partial charge in [0.2, 0.25) is 0 Å². The number of nitrogen functional groups attached to an aromatic ring is 1. The van der Waals surface area contributed by atoms with Crippen molar-refractivity contribution in [3.63, 3.8) is 0 Å². The van der Waals surface area contributed by atoms with E-state index in [2.05, 4.69) is 52.1 Å². The fourth-order valence-electron chi connectivity index (χ4n) is 2.98. The van der Waals surface area contributed by atoms with E-state index < -0.39 is 0 Å². The first-order chi connectivity index (χ1) is 9.79. The quantitative estimate of drug-likeness (QED) is 0.929. The van der Waals surface area contributed by atoms with Crippen molar-refractivity contribution in [2.75, 3.05) is 23.7 Å². The maximum Gasteiger partial charge on any atom is 0.137 e. The molecule has 0 amide bonds. The summed E-state index contributed by atoms with van der Waals surface area (Å²) in [5.74, 6) is 2.20. The van der Waals surface area contributed by atoms with Crippen LogP contribution < -0.4 is 10.6 Å². The summed E-state index contributed by atoms with van der Waals surface area (Å²) >= 11 is 0. The van der Waals surface area contributed by atoms with Crippen molar-refractivity contribution in [1.29, 1.82) is 0 Å². The molecule has 0 bridgehead atoms. The number of aromatic nitrogens is 2. The molecule has 1 aliphatic heterocycles. The molecule has 1 unspecified atom stereocenters. The van der Waals surface area contributed by atoms with Gasteiger partial charge in [0.25, 0.3) is 0 Å². The molecule has 0 radical (unpaired) electrons. The molecule has 2 N–H and O–H groups in total. The van der Waals surface area contributed by atoms with Gasteiger partial charge in [-0.3, -0.25) is 0 Å². The number of rotatable bonds is 3. The molecule has 4 heteroatoms. The highest BCUT2D eigenvalue weighted by atomic mass is 15.2. The largest absolute Gasteiger partial charge is 0.383 e. The molecule has 1 atom stereocenters. The normalized spacial score (nSPS) is 18.4. The summed E-state index contributed by atoms with van der Waals surface area (Å²) < 4.78 is 0. The van der Waals surface area contributed by atoms with E-state index in [0.717, 1.165) is 37.3 Å². The van der Waals surface area contributed by atoms with Gasteiger partial charge in [0.15, 0.2) is 0 Å². The summed E-state index contributed by atoms with van der Waals surface area (Å²) in [6.45, 7) is 4.14. The highest BCUT2D eigenvalue weighted by molar-refractivity contribution is 5.57. The third kappa shape index (κ3) is 2.33. The molecule has 1 saturated heterocycles. The van der Waals surface area contributed by atoms with Gasteiger partial charge in [-0.05, 0) is 18.4 Å². The average molecular weight is 268 g/mol. The van der Waals surface area contributed by atoms with Gasteiger partial charge in [-0.25, -0.2) is 9.97 Å². The average Bonchev–Trinajstić information content (AvgIpc) is 2.97. The Bertz CT molecular complexity index is 582. The first-order valence-electron chi connectivity index (χ1n) is 7.18. The predicted octanol–water partition coefficient (Wildman–Crippen LogP) is 2.62. The molecular weight excluding hydrogens is 248 g/mol. The van der Waals surface area contributed by atoms with Gasteiger partial charge in [0.05, 0.1) is 0 Å². The molecule has 0 saturated carbocycles. The molecule has 1 fully saturated rings. The van der Waals surface area contributed by atoms with Crippen LogP contribution in [0.2, 0.25) is 0 Å². The van der Waals surface area contributed by atoms with Gasteiger partial charge < -0.3 is 10.6 Å². The Hall–Kier alpha value is -2.10. The fourth-order valence-corrected chi connectivity index (χ4v) is 2.98. The summed E-state index contributed by atoms with van der Waals surface area (Å²) in [5.41, 5.74) is 8.45. The number of benzene rings is 1. The van der Waals surface area contributed by atoms with E-state index in [0.29, 0.717) is 11.7 Å². The zero-order valence-electron chi connectivity index (χ0n) is 11.8. The van der Waals surface area contributed by atoms with Crippen LogP contribution in [-0.4, -0.2) is 23.1 Å². The van der Waals surface area contributed by atoms with Crippen LogP contribution in [0.5, 0.6) is 0 Å². The molecule has 1 aromatic carbocycles. The van der Waals surface area contributed by atoms with Gasteiger partial charge >= 0.3 is 0 Å². The minimum atomic E-state index is 0.581. The Kier molecular flexibility index (Phi) is 3.54. The second-order valence-electron chi connectivity index (χ2n) is 5.26. The Morgan fingerprint density at radius 2 is 2.05 bits per heavy atom. The number of hydrogen-bond donors (Lipinski definition) is 1. The van der Waals surface area contributed by atoms with E-state index >= 15 is 0 Å². The minimum Gasteiger partial charge on any atom is -0.383 e. The van der Waals surface area contributed by atoms with E-state index in [-0.39, 0.29) is 0 Å². The Morgan fingerprint density at radius 1 is 1.25 bits per heavy atom. The monoisotopic (exact) mass is 268 g/mol. The Labute approximate surface area is 119 Å². The van der Waals surface area contributed by atoms with Gasteiger partial charge in [0.1, 0.15) is 18.0 Å². The van der Waals surface area contributed by atoms with Crippen LogP contribution in [-0.2, 0) is 6.42 Å². The predicted molar refractivity (Wildman–Crippen MR) is 81.8 cm³/mol. The van der Waals surface area contributed by atoms with E-state index in [1.807, 2.05) is 0 Å². The molecular formula is C16H20N4. The van der Waals surface area contributed by atoms with Crippen molar-refractivity contribution in [2.45, 2.75) is 25.7 Å². The van der Waals surface area contributed by atoms with Crippen molar-refractivity contribution >= 4 is 11.6 Å². The summed E-state index contributed by atoms with van der Waals surface area (Å²) in [4.78, 5) is 10.9. The molecule has 2 aromatic rings. The topological polar surface area (TPSA) is 55.0 Å². The molecule has 0 aliphatic carbocycles. The lowest BCUT2D eigenvalue weighted by Gasteiger charge is -2.21. The van der Waals surface area contributed by atoms with E-state index in [9.17, 15) is 0 Å². The van der Waals surface area contributed by atoms with Crippen molar-refractivity contribution < 1.29 is 0 Å². The van der Waals surface area contributed by atoms with E-state index in [1.165, 1.54) is 5.56 Å². The highest BCUT2D eigenvalue weighted by Crippen LogP contribution is 2.32. The van der Waals surface area contributed by atoms with E-state index in [1.54, 1.807) is 6.33 Å². The molecule has 2 heterocycles. The van der Waals surface area contributed by atoms with E-state index in [4.69, 9.17) is 5.73 Å². The van der Waals surface area contributed by atoms with Crippen molar-refractivity contribution in [3.8, 4) is 0 Å². The first-order valence-corrected chi connectivity index (χ1v) is 7.18. The van der Waals surface area contributed by atoms with Crippen molar-refractivity contribution in [1.82, 2.24) is 9.97 Å². The van der Waals surface area contributed by atoms with Crippen LogP contribution >= 0.6 is 0 Å². The van der Waals surface area contributed by atoms with Crippen LogP contribution in [0.1, 0.15) is 30.4 Å². The third-order valence-electron chi connectivity index (χ3n) is 4.07. The van der Waals surface area contributed by atoms with Crippen LogP contribution in [0, 0.1) is 0 Å². The zero-order valence-corrected chi connectivity index (χ0v) is 11.8. The summed E-state index contributed by atoms with van der Waals surface area (Å²) in [7, 11) is 0. The van der Waals surface area contributed by atoms with Gasteiger partial charge in [0, 0.05) is 24.6 Å². The minimum absolute atomic E-state index is 0.581. The number of nitrogens with zero attached hydrogens (tertiary/aromatic N) is 3. The molecule has 1 aliphatic rings. The number of nitrogens with two attached hydrogens (primary N) is 1. The van der Waals surface area contributed by atoms with Gasteiger partial charge in [-0.15, -0.1) is 0 Å². The lowest BCUT2D eigenvalue weighted by molar-refractivity contribution is 0.773. The SMILES string of the molecule is CCc1c(N)ncnc1N1CCC(c2ccccc2)C1. The second kappa shape index (κ2) is 5.49. The molecule has 4 nitrogen and oxygen atoms in total. The lowest BCUT2D eigenvalue weighted by atomic mass is 9.99. The van der Waals surface area contributed by atoms with Crippen molar-refractivity contribution in [3.05, 3.63) is 47.8 Å². The zero-order chi connectivity index (χ0) is 13.9. The summed E-state index contributed by atoms with van der Waals surface area (Å²) in [5, 5.41) is 0. The Balaban J connectivity index is 1.83. The summed E-state index contributed by atoms with van der Waals surface area (Å²) in [6.07, 6.45) is 3.60. The standard InChI is InChI=1S/C16H20N4/c1-2-14-15(17)18-11-19-16(14)20-9-8-13(10-20)12-6-4-3-5-7-12/h3-7,11,13H,2,8-10H2,1H3,(H2,17,18,19). The maximum absolute atomic E-state index is 5.97. The first kappa shape index (κ1) is 12.9. The van der Waals surface area contributed by atoms with Crippen LogP contribution in [0.4, 0.5) is 11.6 Å². The lowest BCUT2D eigenvalue weighted by Crippen LogP contribution is -2.22. The highest BCUT2D eigenvalue weighted by Gasteiger charge is 2.26. The number of hydrogen-bond acceptors (Lipinski definition) is 4. The molecule has 0 spiro atoms. The molecule has 20 heavy (non-hydrogen) atoms. The molecule has 104 valence electrons.